The normalized spacial score (nSPS) is 16.9. The van der Waals surface area contributed by atoms with Crippen molar-refractivity contribution in [3.8, 4) is 0 Å². The highest BCUT2D eigenvalue weighted by atomic mass is 35.5. The molecule has 1 aliphatic rings. The van der Waals surface area contributed by atoms with Gasteiger partial charge in [0.1, 0.15) is 12.2 Å². The Morgan fingerprint density at radius 2 is 1.77 bits per heavy atom. The van der Waals surface area contributed by atoms with Crippen molar-refractivity contribution in [3.63, 3.8) is 0 Å². The van der Waals surface area contributed by atoms with E-state index in [0.29, 0.717) is 16.3 Å². The average Bonchev–Trinajstić information content (AvgIpc) is 3.04. The Balaban J connectivity index is 1.76. The number of benzene rings is 2. The Morgan fingerprint density at radius 3 is 2.50 bits per heavy atom. The number of halogens is 1. The van der Waals surface area contributed by atoms with Crippen LogP contribution in [0.5, 0.6) is 0 Å². The number of nitrogens with zero attached hydrogens (tertiary/aromatic N) is 2. The third-order valence-corrected chi connectivity index (χ3v) is 3.51. The van der Waals surface area contributed by atoms with E-state index >= 15 is 0 Å². The first-order valence-corrected chi connectivity index (χ1v) is 7.10. The summed E-state index contributed by atoms with van der Waals surface area (Å²) in [7, 11) is 0. The van der Waals surface area contributed by atoms with Gasteiger partial charge in [-0.25, -0.2) is 0 Å². The molecule has 0 saturated heterocycles. The van der Waals surface area contributed by atoms with E-state index in [1.165, 1.54) is 5.12 Å². The molecule has 0 saturated carbocycles. The number of hydrogen-bond donors (Lipinski definition) is 4. The summed E-state index contributed by atoms with van der Waals surface area (Å²) in [5.41, 5.74) is 6.85. The van der Waals surface area contributed by atoms with E-state index in [2.05, 4.69) is 16.1 Å². The maximum atomic E-state index is 10.3. The number of anilines is 1. The van der Waals surface area contributed by atoms with Gasteiger partial charge in [-0.15, -0.1) is 10.6 Å². The number of hydrazine groups is 2. The molecule has 1 aliphatic heterocycles. The number of rotatable bonds is 4. The molecule has 0 amide bonds. The summed E-state index contributed by atoms with van der Waals surface area (Å²) >= 11 is 5.94. The van der Waals surface area contributed by atoms with Crippen LogP contribution >= 0.6 is 11.6 Å². The maximum absolute atomic E-state index is 10.3. The molecule has 2 aromatic rings. The summed E-state index contributed by atoms with van der Waals surface area (Å²) in [6, 6.07) is 16.0. The highest BCUT2D eigenvalue weighted by molar-refractivity contribution is 6.30. The van der Waals surface area contributed by atoms with Gasteiger partial charge in [0, 0.05) is 5.02 Å². The molecule has 0 radical (unpaired) electrons. The Hall–Kier alpha value is -2.12. The van der Waals surface area contributed by atoms with E-state index in [-0.39, 0.29) is 5.84 Å². The third-order valence-electron chi connectivity index (χ3n) is 3.27. The minimum Gasteiger partial charge on any atom is -0.385 e. The van der Waals surface area contributed by atoms with Gasteiger partial charge in [-0.3, -0.25) is 5.43 Å². The standard InChI is InChI=1S/C15H15ClN4O2/c16-11-7-4-8-12(9-11)20-18-15(17-19-20)14(22)13(21)10-5-2-1-3-6-10/h1-9,13-14,19,21-22H,(H,17,18). The van der Waals surface area contributed by atoms with E-state index in [0.717, 1.165) is 0 Å². The summed E-state index contributed by atoms with van der Waals surface area (Å²) in [6.07, 6.45) is -2.26. The van der Waals surface area contributed by atoms with E-state index in [4.69, 9.17) is 11.6 Å². The fourth-order valence-corrected chi connectivity index (χ4v) is 2.30. The van der Waals surface area contributed by atoms with Crippen molar-refractivity contribution in [2.24, 2.45) is 5.10 Å². The minimum atomic E-state index is -1.18. The lowest BCUT2D eigenvalue weighted by Gasteiger charge is -2.17. The van der Waals surface area contributed by atoms with E-state index < -0.39 is 12.2 Å². The lowest BCUT2D eigenvalue weighted by Crippen LogP contribution is -2.43. The summed E-state index contributed by atoms with van der Waals surface area (Å²) in [5.74, 6) is 0.219. The first-order valence-electron chi connectivity index (χ1n) is 6.72. The van der Waals surface area contributed by atoms with Crippen LogP contribution in [-0.4, -0.2) is 22.2 Å². The van der Waals surface area contributed by atoms with Gasteiger partial charge in [0.2, 0.25) is 0 Å². The molecule has 22 heavy (non-hydrogen) atoms. The van der Waals surface area contributed by atoms with Crippen LogP contribution in [0.4, 0.5) is 5.69 Å². The molecule has 0 bridgehead atoms. The van der Waals surface area contributed by atoms with Gasteiger partial charge in [0.15, 0.2) is 5.84 Å². The van der Waals surface area contributed by atoms with Gasteiger partial charge < -0.3 is 10.2 Å². The lowest BCUT2D eigenvalue weighted by molar-refractivity contribution is 0.0581. The largest absolute Gasteiger partial charge is 0.385 e. The maximum Gasteiger partial charge on any atom is 0.172 e. The van der Waals surface area contributed by atoms with Crippen molar-refractivity contribution in [3.05, 3.63) is 65.2 Å². The van der Waals surface area contributed by atoms with Gasteiger partial charge in [0.05, 0.1) is 5.69 Å². The zero-order chi connectivity index (χ0) is 15.5. The number of amidine groups is 1. The second-order valence-electron chi connectivity index (χ2n) is 4.81. The number of hydrogen-bond acceptors (Lipinski definition) is 6. The zero-order valence-corrected chi connectivity index (χ0v) is 12.3. The topological polar surface area (TPSA) is 80.1 Å². The molecular weight excluding hydrogens is 304 g/mol. The number of aliphatic hydroxyl groups is 2. The predicted octanol–water partition coefficient (Wildman–Crippen LogP) is 1.58. The molecule has 2 unspecified atom stereocenters. The third kappa shape index (κ3) is 3.05. The molecule has 0 aromatic heterocycles. The smallest absolute Gasteiger partial charge is 0.172 e. The Morgan fingerprint density at radius 1 is 1.00 bits per heavy atom. The summed E-state index contributed by atoms with van der Waals surface area (Å²) < 4.78 is 0. The molecule has 114 valence electrons. The lowest BCUT2D eigenvalue weighted by atomic mass is 10.0. The molecule has 3 rings (SSSR count). The van der Waals surface area contributed by atoms with Gasteiger partial charge in [-0.2, -0.15) is 5.12 Å². The summed E-state index contributed by atoms with van der Waals surface area (Å²) in [6.45, 7) is 0. The number of nitrogens with one attached hydrogen (secondary N) is 2. The highest BCUT2D eigenvalue weighted by Gasteiger charge is 2.28. The van der Waals surface area contributed by atoms with E-state index in [1.807, 2.05) is 12.1 Å². The highest BCUT2D eigenvalue weighted by Crippen LogP contribution is 2.22. The van der Waals surface area contributed by atoms with Crippen LogP contribution < -0.4 is 16.1 Å². The molecular formula is C15H15ClN4O2. The molecule has 0 fully saturated rings. The monoisotopic (exact) mass is 318 g/mol. The second kappa shape index (κ2) is 6.33. The van der Waals surface area contributed by atoms with E-state index in [1.54, 1.807) is 42.5 Å². The molecule has 2 aromatic carbocycles. The molecule has 4 N–H and O–H groups in total. The fourth-order valence-electron chi connectivity index (χ4n) is 2.11. The quantitative estimate of drug-likeness (QED) is 0.688. The first-order chi connectivity index (χ1) is 10.6. The van der Waals surface area contributed by atoms with Crippen LogP contribution in [0, 0.1) is 0 Å². The van der Waals surface area contributed by atoms with Crippen LogP contribution in [0.1, 0.15) is 11.7 Å². The van der Waals surface area contributed by atoms with Crippen LogP contribution in [0.25, 0.3) is 0 Å². The Kier molecular flexibility index (Phi) is 4.26. The molecule has 1 heterocycles. The van der Waals surface area contributed by atoms with Crippen molar-refractivity contribution in [2.45, 2.75) is 12.2 Å². The van der Waals surface area contributed by atoms with E-state index in [9.17, 15) is 10.2 Å². The number of aliphatic hydroxyl groups excluding tert-OH is 2. The van der Waals surface area contributed by atoms with Crippen molar-refractivity contribution in [1.82, 2.24) is 11.0 Å². The van der Waals surface area contributed by atoms with Crippen molar-refractivity contribution in [1.29, 1.82) is 0 Å². The Labute approximate surface area is 132 Å². The predicted molar refractivity (Wildman–Crippen MR) is 85.0 cm³/mol. The number of hydrazone groups is 1. The van der Waals surface area contributed by atoms with Crippen LogP contribution in [0.2, 0.25) is 5.02 Å². The SMILES string of the molecule is OC(C1=NN(c2cccc(Cl)c2)NN1)C(O)c1ccccc1. The zero-order valence-electron chi connectivity index (χ0n) is 11.5. The van der Waals surface area contributed by atoms with Crippen molar-refractivity contribution in [2.75, 3.05) is 5.12 Å². The summed E-state index contributed by atoms with van der Waals surface area (Å²) in [4.78, 5) is 0. The average molecular weight is 319 g/mol. The Bertz CT molecular complexity index is 680. The van der Waals surface area contributed by atoms with Gasteiger partial charge in [0.25, 0.3) is 0 Å². The molecule has 2 atom stereocenters. The van der Waals surface area contributed by atoms with Crippen LogP contribution in [0.15, 0.2) is 59.7 Å². The van der Waals surface area contributed by atoms with Crippen molar-refractivity contribution >= 4 is 23.1 Å². The molecule has 0 spiro atoms. The summed E-state index contributed by atoms with van der Waals surface area (Å²) in [5, 5.41) is 26.7. The van der Waals surface area contributed by atoms with Gasteiger partial charge in [-0.1, -0.05) is 48.0 Å². The van der Waals surface area contributed by atoms with Crippen molar-refractivity contribution < 1.29 is 10.2 Å². The van der Waals surface area contributed by atoms with Gasteiger partial charge in [-0.05, 0) is 23.8 Å². The molecule has 0 aliphatic carbocycles. The second-order valence-corrected chi connectivity index (χ2v) is 5.25. The minimum absolute atomic E-state index is 0.219. The van der Waals surface area contributed by atoms with Gasteiger partial charge >= 0.3 is 0 Å². The first kappa shape index (κ1) is 14.8. The molecule has 6 nitrogen and oxygen atoms in total. The van der Waals surface area contributed by atoms with Crippen LogP contribution in [0.3, 0.4) is 0 Å². The van der Waals surface area contributed by atoms with Crippen LogP contribution in [-0.2, 0) is 0 Å². The molecule has 7 heteroatoms. The fraction of sp³-hybridized carbons (Fsp3) is 0.133.